The van der Waals surface area contributed by atoms with E-state index < -0.39 is 29.0 Å². The van der Waals surface area contributed by atoms with Gasteiger partial charge in [0.15, 0.2) is 11.6 Å². The van der Waals surface area contributed by atoms with Gasteiger partial charge >= 0.3 is 5.97 Å². The van der Waals surface area contributed by atoms with Gasteiger partial charge in [-0.05, 0) is 32.0 Å². The molecule has 98 valence electrons. The maximum absolute atomic E-state index is 12.9. The number of nitrogens with one attached hydrogen (secondary N) is 1. The Balaban J connectivity index is 2.82. The number of hydrogen-bond donors (Lipinski definition) is 2. The van der Waals surface area contributed by atoms with Crippen molar-refractivity contribution in [2.75, 3.05) is 0 Å². The maximum Gasteiger partial charge on any atom is 0.305 e. The Bertz CT molecular complexity index is 486. The highest BCUT2D eigenvalue weighted by atomic mass is 19.2. The molecule has 1 rings (SSSR count). The van der Waals surface area contributed by atoms with Gasteiger partial charge in [0.05, 0.1) is 6.42 Å². The highest BCUT2D eigenvalue weighted by Crippen LogP contribution is 2.12. The molecule has 0 heterocycles. The van der Waals surface area contributed by atoms with Gasteiger partial charge in [-0.25, -0.2) is 8.78 Å². The molecular weight excluding hydrogens is 244 g/mol. The number of rotatable bonds is 4. The fourth-order valence-electron chi connectivity index (χ4n) is 1.44. The van der Waals surface area contributed by atoms with Crippen molar-refractivity contribution in [3.05, 3.63) is 35.4 Å². The summed E-state index contributed by atoms with van der Waals surface area (Å²) in [5.41, 5.74) is -1.04. The molecule has 0 aliphatic rings. The van der Waals surface area contributed by atoms with Crippen molar-refractivity contribution in [2.24, 2.45) is 0 Å². The molecule has 0 fully saturated rings. The SMILES string of the molecule is CC(C)(CC(=O)O)NC(=O)c1ccc(F)c(F)c1. The van der Waals surface area contributed by atoms with Gasteiger partial charge < -0.3 is 10.4 Å². The number of carbonyl (C=O) groups is 2. The number of benzene rings is 1. The van der Waals surface area contributed by atoms with Crippen LogP contribution in [0.2, 0.25) is 0 Å². The van der Waals surface area contributed by atoms with E-state index in [1.54, 1.807) is 0 Å². The van der Waals surface area contributed by atoms with Crippen molar-refractivity contribution in [2.45, 2.75) is 25.8 Å². The van der Waals surface area contributed by atoms with Crippen LogP contribution < -0.4 is 5.32 Å². The molecule has 0 saturated carbocycles. The third-order valence-electron chi connectivity index (χ3n) is 2.23. The monoisotopic (exact) mass is 257 g/mol. The van der Waals surface area contributed by atoms with Crippen molar-refractivity contribution in [1.82, 2.24) is 5.32 Å². The lowest BCUT2D eigenvalue weighted by atomic mass is 10.00. The summed E-state index contributed by atoms with van der Waals surface area (Å²) >= 11 is 0. The standard InChI is InChI=1S/C12H13F2NO3/c1-12(2,6-10(16)17)15-11(18)7-3-4-8(13)9(14)5-7/h3-5H,6H2,1-2H3,(H,15,18)(H,16,17). The van der Waals surface area contributed by atoms with E-state index in [1.165, 1.54) is 13.8 Å². The molecule has 1 amide bonds. The molecule has 0 spiro atoms. The second kappa shape index (κ2) is 5.12. The predicted octanol–water partition coefficient (Wildman–Crippen LogP) is 1.95. The smallest absolute Gasteiger partial charge is 0.305 e. The number of carbonyl (C=O) groups excluding carboxylic acids is 1. The normalized spacial score (nSPS) is 11.1. The van der Waals surface area contributed by atoms with Crippen LogP contribution in [-0.2, 0) is 4.79 Å². The summed E-state index contributed by atoms with van der Waals surface area (Å²) in [7, 11) is 0. The largest absolute Gasteiger partial charge is 0.481 e. The summed E-state index contributed by atoms with van der Waals surface area (Å²) in [5, 5.41) is 11.1. The molecule has 0 atom stereocenters. The number of halogens is 2. The van der Waals surface area contributed by atoms with Crippen LogP contribution in [-0.4, -0.2) is 22.5 Å². The Morgan fingerprint density at radius 2 is 1.89 bits per heavy atom. The van der Waals surface area contributed by atoms with E-state index in [2.05, 4.69) is 5.32 Å². The quantitative estimate of drug-likeness (QED) is 0.866. The average molecular weight is 257 g/mol. The van der Waals surface area contributed by atoms with Gasteiger partial charge in [0.1, 0.15) is 0 Å². The van der Waals surface area contributed by atoms with Gasteiger partial charge in [0, 0.05) is 11.1 Å². The molecule has 0 aliphatic heterocycles. The van der Waals surface area contributed by atoms with E-state index in [-0.39, 0.29) is 12.0 Å². The van der Waals surface area contributed by atoms with Crippen molar-refractivity contribution in [1.29, 1.82) is 0 Å². The van der Waals surface area contributed by atoms with Crippen LogP contribution >= 0.6 is 0 Å². The molecule has 1 aromatic rings. The summed E-state index contributed by atoms with van der Waals surface area (Å²) < 4.78 is 25.6. The van der Waals surface area contributed by atoms with Crippen LogP contribution in [0.5, 0.6) is 0 Å². The summed E-state index contributed by atoms with van der Waals surface area (Å²) in [4.78, 5) is 22.3. The van der Waals surface area contributed by atoms with Gasteiger partial charge in [-0.2, -0.15) is 0 Å². The Labute approximate surface area is 103 Å². The van der Waals surface area contributed by atoms with E-state index in [4.69, 9.17) is 5.11 Å². The molecule has 1 aromatic carbocycles. The highest BCUT2D eigenvalue weighted by molar-refractivity contribution is 5.94. The summed E-state index contributed by atoms with van der Waals surface area (Å²) in [5.74, 6) is -3.89. The fourth-order valence-corrected chi connectivity index (χ4v) is 1.44. The van der Waals surface area contributed by atoms with Crippen molar-refractivity contribution in [3.8, 4) is 0 Å². The second-order valence-electron chi connectivity index (χ2n) is 4.54. The first kappa shape index (κ1) is 14.1. The lowest BCUT2D eigenvalue weighted by Crippen LogP contribution is -2.44. The summed E-state index contributed by atoms with van der Waals surface area (Å²) in [6.45, 7) is 3.05. The minimum atomic E-state index is -1.13. The fraction of sp³-hybridized carbons (Fsp3) is 0.333. The number of hydrogen-bond acceptors (Lipinski definition) is 2. The zero-order valence-corrected chi connectivity index (χ0v) is 9.96. The second-order valence-corrected chi connectivity index (χ2v) is 4.54. The van der Waals surface area contributed by atoms with E-state index in [0.717, 1.165) is 18.2 Å². The van der Waals surface area contributed by atoms with Gasteiger partial charge in [0.2, 0.25) is 0 Å². The maximum atomic E-state index is 12.9. The molecule has 6 heteroatoms. The van der Waals surface area contributed by atoms with Gasteiger partial charge in [-0.1, -0.05) is 0 Å². The minimum absolute atomic E-state index is 0.0626. The van der Waals surface area contributed by atoms with Crippen molar-refractivity contribution >= 4 is 11.9 Å². The average Bonchev–Trinajstić information content (AvgIpc) is 2.19. The molecule has 0 bridgehead atoms. The summed E-state index contributed by atoms with van der Waals surface area (Å²) in [6, 6.07) is 2.74. The van der Waals surface area contributed by atoms with Crippen LogP contribution in [0.15, 0.2) is 18.2 Å². The predicted molar refractivity (Wildman–Crippen MR) is 60.2 cm³/mol. The van der Waals surface area contributed by atoms with Gasteiger partial charge in [0.25, 0.3) is 5.91 Å². The molecule has 18 heavy (non-hydrogen) atoms. The lowest BCUT2D eigenvalue weighted by Gasteiger charge is -2.24. The van der Waals surface area contributed by atoms with Crippen LogP contribution in [0.1, 0.15) is 30.6 Å². The molecule has 0 aliphatic carbocycles. The van der Waals surface area contributed by atoms with Crippen LogP contribution in [0, 0.1) is 11.6 Å². The zero-order chi connectivity index (χ0) is 13.9. The topological polar surface area (TPSA) is 66.4 Å². The Hall–Kier alpha value is -1.98. The Morgan fingerprint density at radius 1 is 1.28 bits per heavy atom. The Morgan fingerprint density at radius 3 is 2.39 bits per heavy atom. The van der Waals surface area contributed by atoms with E-state index in [9.17, 15) is 18.4 Å². The van der Waals surface area contributed by atoms with E-state index in [0.29, 0.717) is 0 Å². The molecule has 0 radical (unpaired) electrons. The van der Waals surface area contributed by atoms with Crippen LogP contribution in [0.25, 0.3) is 0 Å². The molecule has 0 saturated heterocycles. The first-order valence-electron chi connectivity index (χ1n) is 5.20. The molecule has 2 N–H and O–H groups in total. The van der Waals surface area contributed by atoms with Gasteiger partial charge in [-0.15, -0.1) is 0 Å². The number of amides is 1. The number of carboxylic acid groups (broad SMARTS) is 1. The first-order valence-corrected chi connectivity index (χ1v) is 5.20. The van der Waals surface area contributed by atoms with Crippen molar-refractivity contribution in [3.63, 3.8) is 0 Å². The van der Waals surface area contributed by atoms with Crippen LogP contribution in [0.3, 0.4) is 0 Å². The van der Waals surface area contributed by atoms with E-state index >= 15 is 0 Å². The molecule has 4 nitrogen and oxygen atoms in total. The number of aliphatic carboxylic acids is 1. The zero-order valence-electron chi connectivity index (χ0n) is 9.96. The van der Waals surface area contributed by atoms with Gasteiger partial charge in [-0.3, -0.25) is 9.59 Å². The highest BCUT2D eigenvalue weighted by Gasteiger charge is 2.24. The molecule has 0 aromatic heterocycles. The Kier molecular flexibility index (Phi) is 4.00. The summed E-state index contributed by atoms with van der Waals surface area (Å²) in [6.07, 6.45) is -0.275. The lowest BCUT2D eigenvalue weighted by molar-refractivity contribution is -0.138. The van der Waals surface area contributed by atoms with E-state index in [1.807, 2.05) is 0 Å². The third-order valence-corrected chi connectivity index (χ3v) is 2.23. The molecular formula is C12H13F2NO3. The molecule has 0 unspecified atom stereocenters. The van der Waals surface area contributed by atoms with Crippen molar-refractivity contribution < 1.29 is 23.5 Å². The van der Waals surface area contributed by atoms with Crippen LogP contribution in [0.4, 0.5) is 8.78 Å². The number of carboxylic acids is 1. The first-order chi connectivity index (χ1) is 8.21. The third kappa shape index (κ3) is 3.80. The minimum Gasteiger partial charge on any atom is -0.481 e.